The Hall–Kier alpha value is -2.54. The molecule has 2 aliphatic rings. The summed E-state index contributed by atoms with van der Waals surface area (Å²) in [6, 6.07) is 13.4. The number of carbonyl (C=O) groups excluding carboxylic acids is 1. The molecule has 0 aliphatic carbocycles. The number of piperidine rings is 1. The van der Waals surface area contributed by atoms with E-state index in [1.165, 1.54) is 36.7 Å². The molecule has 1 fully saturated rings. The minimum Gasteiger partial charge on any atom is -0.371 e. The normalized spacial score (nSPS) is 17.8. The number of benzene rings is 2. The maximum Gasteiger partial charge on any atom is 0.286 e. The van der Waals surface area contributed by atoms with Crippen molar-refractivity contribution in [2.45, 2.75) is 19.3 Å². The Morgan fingerprint density at radius 1 is 1.03 bits per heavy atom. The van der Waals surface area contributed by atoms with Crippen molar-refractivity contribution in [3.8, 4) is 0 Å². The zero-order valence-corrected chi connectivity index (χ0v) is 19.5. The van der Waals surface area contributed by atoms with Crippen molar-refractivity contribution in [3.05, 3.63) is 69.2 Å². The van der Waals surface area contributed by atoms with Gasteiger partial charge < -0.3 is 10.2 Å². The van der Waals surface area contributed by atoms with Crippen LogP contribution in [-0.2, 0) is 4.79 Å². The molecule has 0 atom stereocenters. The summed E-state index contributed by atoms with van der Waals surface area (Å²) in [5, 5.41) is 5.57. The molecule has 32 heavy (non-hydrogen) atoms. The van der Waals surface area contributed by atoms with Gasteiger partial charge in [-0.05, 0) is 73.0 Å². The lowest BCUT2D eigenvalue weighted by atomic mass is 10.1. The lowest BCUT2D eigenvalue weighted by Crippen LogP contribution is -2.29. The first-order chi connectivity index (χ1) is 15.6. The maximum atomic E-state index is 12.5. The van der Waals surface area contributed by atoms with Gasteiger partial charge >= 0.3 is 0 Å². The van der Waals surface area contributed by atoms with Crippen molar-refractivity contribution < 1.29 is 4.79 Å². The zero-order chi connectivity index (χ0) is 22.1. The van der Waals surface area contributed by atoms with Crippen molar-refractivity contribution in [1.29, 1.82) is 0 Å². The number of anilines is 2. The molecule has 0 radical (unpaired) electrons. The Bertz CT molecular complexity index is 1250. The second-order valence-electron chi connectivity index (χ2n) is 7.71. The number of halogens is 2. The van der Waals surface area contributed by atoms with Crippen LogP contribution in [0.4, 0.5) is 11.4 Å². The van der Waals surface area contributed by atoms with Crippen LogP contribution in [-0.4, -0.2) is 29.1 Å². The first-order valence-electron chi connectivity index (χ1n) is 10.5. The summed E-state index contributed by atoms with van der Waals surface area (Å²) in [5.41, 5.74) is 3.63. The number of amides is 1. The van der Waals surface area contributed by atoms with Gasteiger partial charge in [-0.3, -0.25) is 9.78 Å². The van der Waals surface area contributed by atoms with Gasteiger partial charge in [0.2, 0.25) is 0 Å². The van der Waals surface area contributed by atoms with E-state index < -0.39 is 0 Å². The Morgan fingerprint density at radius 2 is 1.81 bits per heavy atom. The van der Waals surface area contributed by atoms with Crippen molar-refractivity contribution >= 4 is 74.4 Å². The molecular formula is C24H20Cl2N4OS. The van der Waals surface area contributed by atoms with Gasteiger partial charge in [-0.2, -0.15) is 4.99 Å². The van der Waals surface area contributed by atoms with Gasteiger partial charge in [0.1, 0.15) is 0 Å². The topological polar surface area (TPSA) is 57.6 Å². The van der Waals surface area contributed by atoms with E-state index in [0.29, 0.717) is 25.8 Å². The van der Waals surface area contributed by atoms with Crippen LogP contribution in [0.2, 0.25) is 10.0 Å². The number of aliphatic imine (C=N–C) groups is 1. The number of hydrogen-bond acceptors (Lipinski definition) is 5. The van der Waals surface area contributed by atoms with Crippen molar-refractivity contribution in [2.75, 3.05) is 23.3 Å². The van der Waals surface area contributed by atoms with Crippen molar-refractivity contribution in [1.82, 2.24) is 4.98 Å². The smallest absolute Gasteiger partial charge is 0.286 e. The molecule has 3 heterocycles. The van der Waals surface area contributed by atoms with E-state index >= 15 is 0 Å². The molecule has 5 rings (SSSR count). The standard InChI is InChI=1S/C24H20Cl2N4OS/c25-17-5-4-6-18(26)22(17)28-24-29-23(31)21(32-24)14-15-7-8-19-16(13-15)20(9-10-27-19)30-11-2-1-3-12-30/h4-10,13-14H,1-3,11-12H2,(H,28,29,31). The third kappa shape index (κ3) is 4.35. The van der Waals surface area contributed by atoms with Crippen LogP contribution in [0, 0.1) is 0 Å². The predicted molar refractivity (Wildman–Crippen MR) is 136 cm³/mol. The lowest BCUT2D eigenvalue weighted by molar-refractivity contribution is -0.113. The van der Waals surface area contributed by atoms with Gasteiger partial charge in [0.15, 0.2) is 5.17 Å². The number of rotatable bonds is 3. The lowest BCUT2D eigenvalue weighted by Gasteiger charge is -2.29. The molecule has 2 aliphatic heterocycles. The van der Waals surface area contributed by atoms with Crippen LogP contribution in [0.25, 0.3) is 17.0 Å². The van der Waals surface area contributed by atoms with E-state index in [1.807, 2.05) is 24.4 Å². The number of fused-ring (bicyclic) bond motifs is 1. The quantitative estimate of drug-likeness (QED) is 0.425. The van der Waals surface area contributed by atoms with Crippen LogP contribution < -0.4 is 10.2 Å². The van der Waals surface area contributed by atoms with Crippen LogP contribution in [0.5, 0.6) is 0 Å². The average molecular weight is 483 g/mol. The molecule has 1 N–H and O–H groups in total. The monoisotopic (exact) mass is 482 g/mol. The number of amidine groups is 1. The van der Waals surface area contributed by atoms with Gasteiger partial charge in [-0.15, -0.1) is 0 Å². The number of para-hydroxylation sites is 1. The number of nitrogens with one attached hydrogen (secondary N) is 1. The van der Waals surface area contributed by atoms with E-state index in [2.05, 4.69) is 32.3 Å². The Morgan fingerprint density at radius 3 is 2.59 bits per heavy atom. The van der Waals surface area contributed by atoms with Crippen LogP contribution >= 0.6 is 35.0 Å². The van der Waals surface area contributed by atoms with Crippen molar-refractivity contribution in [2.24, 2.45) is 4.99 Å². The van der Waals surface area contributed by atoms with Crippen LogP contribution in [0.15, 0.2) is 58.6 Å². The highest BCUT2D eigenvalue weighted by molar-refractivity contribution is 8.18. The van der Waals surface area contributed by atoms with E-state index in [0.717, 1.165) is 29.6 Å². The van der Waals surface area contributed by atoms with Crippen LogP contribution in [0.1, 0.15) is 24.8 Å². The number of aromatic nitrogens is 1. The minimum atomic E-state index is -0.289. The van der Waals surface area contributed by atoms with Gasteiger partial charge in [0.25, 0.3) is 5.91 Å². The molecule has 162 valence electrons. The second-order valence-corrected chi connectivity index (χ2v) is 9.55. The fraction of sp³-hybridized carbons (Fsp3) is 0.208. The molecule has 1 amide bonds. The third-order valence-electron chi connectivity index (χ3n) is 5.55. The number of carbonyl (C=O) groups is 1. The number of thioether (sulfide) groups is 1. The molecule has 8 heteroatoms. The summed E-state index contributed by atoms with van der Waals surface area (Å²) >= 11 is 13.7. The Labute approximate surface area is 200 Å². The van der Waals surface area contributed by atoms with Crippen LogP contribution in [0.3, 0.4) is 0 Å². The van der Waals surface area contributed by atoms with Gasteiger partial charge in [-0.25, -0.2) is 0 Å². The van der Waals surface area contributed by atoms with E-state index in [4.69, 9.17) is 23.2 Å². The Balaban J connectivity index is 1.41. The van der Waals surface area contributed by atoms with Crippen molar-refractivity contribution in [3.63, 3.8) is 0 Å². The fourth-order valence-electron chi connectivity index (χ4n) is 3.99. The summed E-state index contributed by atoms with van der Waals surface area (Å²) < 4.78 is 0. The zero-order valence-electron chi connectivity index (χ0n) is 17.1. The molecule has 5 nitrogen and oxygen atoms in total. The largest absolute Gasteiger partial charge is 0.371 e. The van der Waals surface area contributed by atoms with E-state index in [-0.39, 0.29) is 5.91 Å². The summed E-state index contributed by atoms with van der Waals surface area (Å²) in [7, 11) is 0. The molecule has 0 unspecified atom stereocenters. The molecule has 3 aromatic rings. The molecule has 0 spiro atoms. The highest BCUT2D eigenvalue weighted by Crippen LogP contribution is 2.35. The maximum absolute atomic E-state index is 12.5. The third-order valence-corrected chi connectivity index (χ3v) is 7.08. The summed E-state index contributed by atoms with van der Waals surface area (Å²) in [6.07, 6.45) is 7.44. The molecule has 2 aromatic carbocycles. The summed E-state index contributed by atoms with van der Waals surface area (Å²) in [6.45, 7) is 2.12. The highest BCUT2D eigenvalue weighted by atomic mass is 35.5. The predicted octanol–water partition coefficient (Wildman–Crippen LogP) is 6.61. The Kier molecular flexibility index (Phi) is 6.09. The molecule has 0 saturated carbocycles. The second kappa shape index (κ2) is 9.14. The highest BCUT2D eigenvalue weighted by Gasteiger charge is 2.23. The molecule has 1 saturated heterocycles. The fourth-order valence-corrected chi connectivity index (χ4v) is 5.30. The van der Waals surface area contributed by atoms with Gasteiger partial charge in [0.05, 0.1) is 26.2 Å². The number of hydrogen-bond donors (Lipinski definition) is 1. The molecule has 1 aromatic heterocycles. The van der Waals surface area contributed by atoms with E-state index in [1.54, 1.807) is 18.2 Å². The SMILES string of the molecule is O=C1N=C(Nc2c(Cl)cccc2Cl)SC1=Cc1ccc2nccc(N3CCCCC3)c2c1. The summed E-state index contributed by atoms with van der Waals surface area (Å²) in [4.78, 5) is 24.1. The van der Waals surface area contributed by atoms with E-state index in [9.17, 15) is 4.79 Å². The molecule has 0 bridgehead atoms. The first-order valence-corrected chi connectivity index (χ1v) is 12.0. The minimum absolute atomic E-state index is 0.289. The molecular weight excluding hydrogens is 463 g/mol. The van der Waals surface area contributed by atoms with Gasteiger partial charge in [-0.1, -0.05) is 35.3 Å². The number of nitrogens with zero attached hydrogens (tertiary/aromatic N) is 3. The average Bonchev–Trinajstić information content (AvgIpc) is 3.15. The number of pyridine rings is 1. The first kappa shape index (κ1) is 21.3. The van der Waals surface area contributed by atoms with Gasteiger partial charge in [0, 0.05) is 30.4 Å². The summed E-state index contributed by atoms with van der Waals surface area (Å²) in [5.74, 6) is -0.289.